The van der Waals surface area contributed by atoms with Gasteiger partial charge in [0.2, 0.25) is 0 Å². The minimum absolute atomic E-state index is 0.827. The van der Waals surface area contributed by atoms with E-state index in [1.54, 1.807) is 23.5 Å². The predicted molar refractivity (Wildman–Crippen MR) is 102 cm³/mol. The first-order valence-electron chi connectivity index (χ1n) is 6.91. The molecule has 0 bridgehead atoms. The minimum atomic E-state index is 0.827. The second-order valence-electron chi connectivity index (χ2n) is 3.75. The summed E-state index contributed by atoms with van der Waals surface area (Å²) < 4.78 is 0. The van der Waals surface area contributed by atoms with E-state index in [-0.39, 0.29) is 0 Å². The van der Waals surface area contributed by atoms with E-state index in [1.807, 2.05) is 51.4 Å². The van der Waals surface area contributed by atoms with Gasteiger partial charge in [0.15, 0.2) is 0 Å². The summed E-state index contributed by atoms with van der Waals surface area (Å²) in [6.45, 7) is 4.00. The fraction of sp³-hybridized carbons (Fsp3) is 0.294. The van der Waals surface area contributed by atoms with Crippen LogP contribution in [-0.4, -0.2) is 19.6 Å². The van der Waals surface area contributed by atoms with Crippen molar-refractivity contribution in [2.45, 2.75) is 23.6 Å². The normalized spacial score (nSPS) is 8.81. The van der Waals surface area contributed by atoms with Crippen LogP contribution in [0.4, 0.5) is 11.4 Å². The zero-order chi connectivity index (χ0) is 16.1. The Labute approximate surface area is 137 Å². The van der Waals surface area contributed by atoms with Crippen LogP contribution in [0.2, 0.25) is 0 Å². The van der Waals surface area contributed by atoms with Crippen molar-refractivity contribution in [2.75, 3.05) is 30.6 Å². The van der Waals surface area contributed by atoms with Gasteiger partial charge < -0.3 is 11.1 Å². The maximum absolute atomic E-state index is 5.47. The zero-order valence-electron chi connectivity index (χ0n) is 13.5. The minimum Gasteiger partial charge on any atom is -0.399 e. The van der Waals surface area contributed by atoms with Gasteiger partial charge in [-0.1, -0.05) is 13.8 Å². The molecule has 0 aliphatic heterocycles. The van der Waals surface area contributed by atoms with Gasteiger partial charge in [-0.05, 0) is 61.0 Å². The molecule has 0 unspecified atom stereocenters. The maximum atomic E-state index is 5.47. The molecule has 0 saturated carbocycles. The van der Waals surface area contributed by atoms with Gasteiger partial charge in [0.05, 0.1) is 0 Å². The summed E-state index contributed by atoms with van der Waals surface area (Å²) in [4.78, 5) is 2.56. The lowest BCUT2D eigenvalue weighted by Crippen LogP contribution is -1.85. The van der Waals surface area contributed by atoms with Crippen LogP contribution in [0.15, 0.2) is 58.3 Å². The van der Waals surface area contributed by atoms with Crippen molar-refractivity contribution in [3.05, 3.63) is 48.5 Å². The number of thioether (sulfide) groups is 2. The number of hydrogen-bond acceptors (Lipinski definition) is 4. The highest BCUT2D eigenvalue weighted by Gasteiger charge is 1.88. The molecule has 0 aliphatic carbocycles. The van der Waals surface area contributed by atoms with Gasteiger partial charge in [-0.25, -0.2) is 0 Å². The molecular formula is C17H26N2S2. The highest BCUT2D eigenvalue weighted by Crippen LogP contribution is 2.16. The first-order chi connectivity index (χ1) is 10.2. The van der Waals surface area contributed by atoms with Crippen LogP contribution >= 0.6 is 23.5 Å². The second kappa shape index (κ2) is 12.5. The number of nitrogens with one attached hydrogen (secondary N) is 1. The van der Waals surface area contributed by atoms with Crippen LogP contribution in [0.5, 0.6) is 0 Å². The van der Waals surface area contributed by atoms with Crippen molar-refractivity contribution in [1.82, 2.24) is 0 Å². The molecule has 0 fully saturated rings. The van der Waals surface area contributed by atoms with Gasteiger partial charge in [-0.2, -0.15) is 0 Å². The van der Waals surface area contributed by atoms with Gasteiger partial charge in [-0.3, -0.25) is 0 Å². The van der Waals surface area contributed by atoms with Crippen LogP contribution in [0.3, 0.4) is 0 Å². The standard InChI is InChI=1S/C8H11NS.C7H9NS.C2H6/c1-9-7-3-5-8(10-2)6-4-7;1-9-7-4-2-6(8)3-5-7;1-2/h3-6,9H,1-2H3;2-5H,8H2,1H3;1-2H3. The second-order valence-corrected chi connectivity index (χ2v) is 5.51. The molecule has 0 aromatic heterocycles. The SMILES string of the molecule is CC.CNc1ccc(SC)cc1.CSc1ccc(N)cc1. The molecule has 116 valence electrons. The number of hydrogen-bond donors (Lipinski definition) is 2. The Hall–Kier alpha value is -1.26. The summed E-state index contributed by atoms with van der Waals surface area (Å²) in [5.74, 6) is 0. The summed E-state index contributed by atoms with van der Waals surface area (Å²) in [6, 6.07) is 16.2. The summed E-state index contributed by atoms with van der Waals surface area (Å²) in [6.07, 6.45) is 4.12. The summed E-state index contributed by atoms with van der Waals surface area (Å²) in [5.41, 5.74) is 7.46. The van der Waals surface area contributed by atoms with Crippen molar-refractivity contribution in [3.8, 4) is 0 Å². The highest BCUT2D eigenvalue weighted by atomic mass is 32.2. The van der Waals surface area contributed by atoms with E-state index in [0.717, 1.165) is 11.4 Å². The topological polar surface area (TPSA) is 38.0 Å². The van der Waals surface area contributed by atoms with Crippen molar-refractivity contribution < 1.29 is 0 Å². The molecule has 3 N–H and O–H groups in total. The van der Waals surface area contributed by atoms with Crippen molar-refractivity contribution >= 4 is 34.9 Å². The lowest BCUT2D eigenvalue weighted by atomic mass is 10.3. The van der Waals surface area contributed by atoms with Gasteiger partial charge in [0.25, 0.3) is 0 Å². The molecule has 0 radical (unpaired) electrons. The van der Waals surface area contributed by atoms with Crippen LogP contribution < -0.4 is 11.1 Å². The number of rotatable bonds is 3. The number of nitrogens with two attached hydrogens (primary N) is 1. The van der Waals surface area contributed by atoms with Crippen LogP contribution in [0.25, 0.3) is 0 Å². The molecule has 2 nitrogen and oxygen atoms in total. The fourth-order valence-electron chi connectivity index (χ4n) is 1.36. The van der Waals surface area contributed by atoms with Gasteiger partial charge in [0, 0.05) is 28.2 Å². The third-order valence-corrected chi connectivity index (χ3v) is 3.98. The van der Waals surface area contributed by atoms with E-state index in [2.05, 4.69) is 35.8 Å². The Bertz CT molecular complexity index is 444. The van der Waals surface area contributed by atoms with Crippen molar-refractivity contribution in [3.63, 3.8) is 0 Å². The molecule has 0 aliphatic rings. The molecule has 0 heterocycles. The Balaban J connectivity index is 0.000000342. The van der Waals surface area contributed by atoms with Crippen molar-refractivity contribution in [1.29, 1.82) is 0 Å². The van der Waals surface area contributed by atoms with Crippen LogP contribution in [0.1, 0.15) is 13.8 Å². The molecule has 21 heavy (non-hydrogen) atoms. The lowest BCUT2D eigenvalue weighted by molar-refractivity contribution is 1.43. The van der Waals surface area contributed by atoms with Crippen LogP contribution in [0, 0.1) is 0 Å². The average Bonchev–Trinajstić information content (AvgIpc) is 2.58. The van der Waals surface area contributed by atoms with E-state index in [1.165, 1.54) is 9.79 Å². The molecule has 2 rings (SSSR count). The largest absolute Gasteiger partial charge is 0.399 e. The Kier molecular flexibility index (Phi) is 11.7. The van der Waals surface area contributed by atoms with Gasteiger partial charge in [-0.15, -0.1) is 23.5 Å². The Morgan fingerprint density at radius 1 is 0.762 bits per heavy atom. The van der Waals surface area contributed by atoms with E-state index in [4.69, 9.17) is 5.73 Å². The molecular weight excluding hydrogens is 296 g/mol. The van der Waals surface area contributed by atoms with E-state index >= 15 is 0 Å². The average molecular weight is 323 g/mol. The van der Waals surface area contributed by atoms with Gasteiger partial charge >= 0.3 is 0 Å². The summed E-state index contributed by atoms with van der Waals surface area (Å²) in [7, 11) is 1.92. The quantitative estimate of drug-likeness (QED) is 0.580. The third-order valence-electron chi connectivity index (χ3n) is 2.49. The first-order valence-corrected chi connectivity index (χ1v) is 9.36. The molecule has 0 amide bonds. The zero-order valence-corrected chi connectivity index (χ0v) is 15.1. The van der Waals surface area contributed by atoms with Crippen LogP contribution in [-0.2, 0) is 0 Å². The monoisotopic (exact) mass is 322 g/mol. The number of anilines is 2. The smallest absolute Gasteiger partial charge is 0.0338 e. The number of benzene rings is 2. The fourth-order valence-corrected chi connectivity index (χ4v) is 2.18. The van der Waals surface area contributed by atoms with E-state index in [0.29, 0.717) is 0 Å². The molecule has 0 saturated heterocycles. The lowest BCUT2D eigenvalue weighted by Gasteiger charge is -1.99. The van der Waals surface area contributed by atoms with Gasteiger partial charge in [0.1, 0.15) is 0 Å². The van der Waals surface area contributed by atoms with E-state index < -0.39 is 0 Å². The van der Waals surface area contributed by atoms with Crippen molar-refractivity contribution in [2.24, 2.45) is 0 Å². The third kappa shape index (κ3) is 8.58. The molecule has 0 spiro atoms. The Morgan fingerprint density at radius 2 is 1.14 bits per heavy atom. The summed E-state index contributed by atoms with van der Waals surface area (Å²) >= 11 is 3.48. The molecule has 0 atom stereocenters. The molecule has 4 heteroatoms. The number of nitrogen functional groups attached to an aromatic ring is 1. The summed E-state index contributed by atoms with van der Waals surface area (Å²) in [5, 5.41) is 3.07. The highest BCUT2D eigenvalue weighted by molar-refractivity contribution is 7.98. The maximum Gasteiger partial charge on any atom is 0.0338 e. The predicted octanol–water partition coefficient (Wildman–Crippen LogP) is 5.47. The van der Waals surface area contributed by atoms with E-state index in [9.17, 15) is 0 Å². The Morgan fingerprint density at radius 3 is 1.48 bits per heavy atom. The first kappa shape index (κ1) is 19.7. The molecule has 2 aromatic carbocycles. The molecule has 2 aromatic rings.